The maximum absolute atomic E-state index is 5.41. The monoisotopic (exact) mass is 316 g/mol. The van der Waals surface area contributed by atoms with Gasteiger partial charge in [0.2, 0.25) is 0 Å². The number of ether oxygens (including phenoxy) is 1. The van der Waals surface area contributed by atoms with Crippen LogP contribution in [0.5, 0.6) is 5.75 Å². The summed E-state index contributed by atoms with van der Waals surface area (Å²) in [5.74, 6) is 1.83. The molecule has 0 radical (unpaired) electrons. The van der Waals surface area contributed by atoms with Crippen molar-refractivity contribution in [3.8, 4) is 16.9 Å². The minimum atomic E-state index is 0.872. The third-order valence-corrected chi connectivity index (χ3v) is 3.77. The number of nitrogens with zero attached hydrogens (tertiary/aromatic N) is 2. The van der Waals surface area contributed by atoms with E-state index in [1.807, 2.05) is 25.1 Å². The predicted octanol–water partition coefficient (Wildman–Crippen LogP) is 4.08. The Hall–Kier alpha value is -1.81. The maximum atomic E-state index is 5.41. The average molecular weight is 317 g/mol. The largest absolute Gasteiger partial charge is 0.496 e. The van der Waals surface area contributed by atoms with Crippen LogP contribution in [-0.2, 0) is 0 Å². The zero-order valence-electron chi connectivity index (χ0n) is 10.7. The summed E-state index contributed by atoms with van der Waals surface area (Å²) in [4.78, 5) is 4.42. The molecule has 0 aliphatic rings. The van der Waals surface area contributed by atoms with Crippen molar-refractivity contribution in [3.05, 3.63) is 53.0 Å². The summed E-state index contributed by atoms with van der Waals surface area (Å²) < 4.78 is 8.36. The Bertz CT molecular complexity index is 749. The van der Waals surface area contributed by atoms with Gasteiger partial charge in [0.15, 0.2) is 0 Å². The predicted molar refractivity (Wildman–Crippen MR) is 79.6 cm³/mol. The van der Waals surface area contributed by atoms with Crippen LogP contribution in [0.15, 0.2) is 47.2 Å². The van der Waals surface area contributed by atoms with Gasteiger partial charge in [-0.15, -0.1) is 0 Å². The molecule has 1 aromatic carbocycles. The Labute approximate surface area is 120 Å². The van der Waals surface area contributed by atoms with Crippen molar-refractivity contribution in [1.82, 2.24) is 9.38 Å². The Morgan fingerprint density at radius 3 is 2.74 bits per heavy atom. The molecule has 0 bridgehead atoms. The van der Waals surface area contributed by atoms with E-state index in [1.54, 1.807) is 7.11 Å². The first-order chi connectivity index (χ1) is 9.20. The summed E-state index contributed by atoms with van der Waals surface area (Å²) in [7, 11) is 1.69. The van der Waals surface area contributed by atoms with E-state index in [1.165, 1.54) is 0 Å². The van der Waals surface area contributed by atoms with Crippen LogP contribution in [-0.4, -0.2) is 16.5 Å². The molecule has 19 heavy (non-hydrogen) atoms. The fraction of sp³-hybridized carbons (Fsp3) is 0.133. The number of hydrogen-bond acceptors (Lipinski definition) is 2. The third kappa shape index (κ3) is 2.02. The second-order valence-electron chi connectivity index (χ2n) is 4.32. The lowest BCUT2D eigenvalue weighted by atomic mass is 10.1. The SMILES string of the molecule is COc1ccccc1-c1ccc2c(Br)nc(C)n2c1. The number of imidazole rings is 1. The van der Waals surface area contributed by atoms with Crippen LogP contribution >= 0.6 is 15.9 Å². The molecule has 4 heteroatoms. The average Bonchev–Trinajstić information content (AvgIpc) is 2.73. The minimum absolute atomic E-state index is 0.872. The topological polar surface area (TPSA) is 26.5 Å². The number of para-hydroxylation sites is 1. The van der Waals surface area contributed by atoms with Gasteiger partial charge in [-0.05, 0) is 35.0 Å². The number of methoxy groups -OCH3 is 1. The van der Waals surface area contributed by atoms with Gasteiger partial charge in [-0.2, -0.15) is 0 Å². The fourth-order valence-corrected chi connectivity index (χ4v) is 2.81. The first-order valence-electron chi connectivity index (χ1n) is 5.98. The van der Waals surface area contributed by atoms with Crippen molar-refractivity contribution in [2.75, 3.05) is 7.11 Å². The Morgan fingerprint density at radius 2 is 1.95 bits per heavy atom. The standard InChI is InChI=1S/C15H13BrN2O/c1-10-17-15(16)13-8-7-11(9-18(10)13)12-5-3-4-6-14(12)19-2/h3-9H,1-2H3. The van der Waals surface area contributed by atoms with Gasteiger partial charge in [-0.3, -0.25) is 0 Å². The number of halogens is 1. The van der Waals surface area contributed by atoms with E-state index in [0.717, 1.165) is 32.8 Å². The fourth-order valence-electron chi connectivity index (χ4n) is 2.23. The second-order valence-corrected chi connectivity index (χ2v) is 5.07. The smallest absolute Gasteiger partial charge is 0.132 e. The molecule has 0 aliphatic carbocycles. The van der Waals surface area contributed by atoms with Crippen LogP contribution < -0.4 is 4.74 Å². The van der Waals surface area contributed by atoms with Gasteiger partial charge in [0.05, 0.1) is 12.6 Å². The number of benzene rings is 1. The summed E-state index contributed by atoms with van der Waals surface area (Å²) in [6.45, 7) is 1.99. The lowest BCUT2D eigenvalue weighted by Gasteiger charge is -2.09. The van der Waals surface area contributed by atoms with E-state index < -0.39 is 0 Å². The van der Waals surface area contributed by atoms with Gasteiger partial charge in [-0.25, -0.2) is 4.98 Å². The van der Waals surface area contributed by atoms with E-state index in [9.17, 15) is 0 Å². The second kappa shape index (κ2) is 4.70. The van der Waals surface area contributed by atoms with E-state index >= 15 is 0 Å². The molecule has 0 saturated heterocycles. The van der Waals surface area contributed by atoms with Crippen molar-refractivity contribution in [3.63, 3.8) is 0 Å². The molecule has 3 aromatic rings. The highest BCUT2D eigenvalue weighted by Crippen LogP contribution is 2.31. The van der Waals surface area contributed by atoms with Gasteiger partial charge in [0, 0.05) is 17.3 Å². The molecule has 2 aromatic heterocycles. The molecule has 0 saturated carbocycles. The van der Waals surface area contributed by atoms with E-state index in [0.29, 0.717) is 0 Å². The number of hydrogen-bond donors (Lipinski definition) is 0. The highest BCUT2D eigenvalue weighted by molar-refractivity contribution is 9.10. The van der Waals surface area contributed by atoms with E-state index in [-0.39, 0.29) is 0 Å². The van der Waals surface area contributed by atoms with E-state index in [2.05, 4.69) is 49.7 Å². The van der Waals surface area contributed by atoms with Crippen LogP contribution in [0.25, 0.3) is 16.6 Å². The summed E-state index contributed by atoms with van der Waals surface area (Å²) in [5, 5.41) is 0. The van der Waals surface area contributed by atoms with Gasteiger partial charge < -0.3 is 9.14 Å². The zero-order chi connectivity index (χ0) is 13.4. The van der Waals surface area contributed by atoms with Crippen LogP contribution in [0.1, 0.15) is 5.82 Å². The summed E-state index contributed by atoms with van der Waals surface area (Å²) in [6.07, 6.45) is 2.08. The molecule has 0 aliphatic heterocycles. The number of pyridine rings is 1. The van der Waals surface area contributed by atoms with Gasteiger partial charge >= 0.3 is 0 Å². The summed E-state index contributed by atoms with van der Waals surface area (Å²) >= 11 is 3.47. The number of aryl methyl sites for hydroxylation is 1. The zero-order valence-corrected chi connectivity index (χ0v) is 12.3. The molecule has 0 unspecified atom stereocenters. The normalized spacial score (nSPS) is 10.9. The Kier molecular flexibility index (Phi) is 3.03. The van der Waals surface area contributed by atoms with Gasteiger partial charge in [0.25, 0.3) is 0 Å². The quantitative estimate of drug-likeness (QED) is 0.712. The molecule has 0 N–H and O–H groups in total. The highest BCUT2D eigenvalue weighted by atomic mass is 79.9. The van der Waals surface area contributed by atoms with Gasteiger partial charge in [0.1, 0.15) is 16.2 Å². The van der Waals surface area contributed by atoms with Crippen molar-refractivity contribution in [1.29, 1.82) is 0 Å². The van der Waals surface area contributed by atoms with Crippen molar-refractivity contribution < 1.29 is 4.74 Å². The lowest BCUT2D eigenvalue weighted by molar-refractivity contribution is 0.416. The molecular weight excluding hydrogens is 304 g/mol. The Morgan fingerprint density at radius 1 is 1.16 bits per heavy atom. The van der Waals surface area contributed by atoms with Crippen molar-refractivity contribution in [2.24, 2.45) is 0 Å². The van der Waals surface area contributed by atoms with Crippen molar-refractivity contribution in [2.45, 2.75) is 6.92 Å². The summed E-state index contributed by atoms with van der Waals surface area (Å²) in [5.41, 5.74) is 3.25. The molecule has 0 spiro atoms. The highest BCUT2D eigenvalue weighted by Gasteiger charge is 2.09. The van der Waals surface area contributed by atoms with E-state index in [4.69, 9.17) is 4.74 Å². The molecule has 2 heterocycles. The maximum Gasteiger partial charge on any atom is 0.132 e. The number of aromatic nitrogens is 2. The third-order valence-electron chi connectivity index (χ3n) is 3.19. The molecule has 0 atom stereocenters. The molecule has 96 valence electrons. The molecule has 3 rings (SSSR count). The van der Waals surface area contributed by atoms with Crippen LogP contribution in [0, 0.1) is 6.92 Å². The lowest BCUT2D eigenvalue weighted by Crippen LogP contribution is -1.91. The van der Waals surface area contributed by atoms with Gasteiger partial charge in [-0.1, -0.05) is 24.3 Å². The number of fused-ring (bicyclic) bond motifs is 1. The molecule has 3 nitrogen and oxygen atoms in total. The van der Waals surface area contributed by atoms with Crippen LogP contribution in [0.3, 0.4) is 0 Å². The minimum Gasteiger partial charge on any atom is -0.496 e. The molecular formula is C15H13BrN2O. The first kappa shape index (κ1) is 12.2. The molecule has 0 fully saturated rings. The van der Waals surface area contributed by atoms with Crippen LogP contribution in [0.4, 0.5) is 0 Å². The number of rotatable bonds is 2. The Balaban J connectivity index is 2.23. The summed E-state index contributed by atoms with van der Waals surface area (Å²) in [6, 6.07) is 12.2. The first-order valence-corrected chi connectivity index (χ1v) is 6.77. The van der Waals surface area contributed by atoms with Crippen molar-refractivity contribution >= 4 is 21.4 Å². The molecule has 0 amide bonds. The van der Waals surface area contributed by atoms with Crippen LogP contribution in [0.2, 0.25) is 0 Å².